The van der Waals surface area contributed by atoms with E-state index in [9.17, 15) is 4.79 Å². The van der Waals surface area contributed by atoms with Crippen LogP contribution in [0.25, 0.3) is 21.9 Å². The molecule has 0 spiro atoms. The van der Waals surface area contributed by atoms with Crippen LogP contribution in [-0.2, 0) is 0 Å². The van der Waals surface area contributed by atoms with E-state index in [2.05, 4.69) is 15.9 Å². The monoisotopic (exact) mass is 340 g/mol. The van der Waals surface area contributed by atoms with E-state index in [0.717, 1.165) is 15.2 Å². The Bertz CT molecular complexity index is 945. The van der Waals surface area contributed by atoms with Gasteiger partial charge in [0.15, 0.2) is 11.5 Å². The molecular formula is C17H9BrO3. The van der Waals surface area contributed by atoms with E-state index in [-0.39, 0.29) is 17.3 Å². The maximum absolute atomic E-state index is 12.5. The molecule has 0 aliphatic heterocycles. The van der Waals surface area contributed by atoms with Gasteiger partial charge in [-0.25, -0.2) is 0 Å². The summed E-state index contributed by atoms with van der Waals surface area (Å²) in [4.78, 5) is 12.5. The summed E-state index contributed by atoms with van der Waals surface area (Å²) in [6.45, 7) is 0. The Morgan fingerprint density at radius 2 is 1.48 bits per heavy atom. The van der Waals surface area contributed by atoms with Gasteiger partial charge in [-0.1, -0.05) is 34.1 Å². The summed E-state index contributed by atoms with van der Waals surface area (Å²) in [6.07, 6.45) is 0. The summed E-state index contributed by atoms with van der Waals surface area (Å²) >= 11 is 3.40. The number of ketones is 1. The van der Waals surface area contributed by atoms with Crippen molar-refractivity contribution in [3.05, 3.63) is 70.6 Å². The lowest BCUT2D eigenvalue weighted by Gasteiger charge is -1.90. The molecule has 0 saturated carbocycles. The van der Waals surface area contributed by atoms with Gasteiger partial charge in [0, 0.05) is 15.2 Å². The van der Waals surface area contributed by atoms with Gasteiger partial charge in [-0.3, -0.25) is 4.79 Å². The fourth-order valence-corrected chi connectivity index (χ4v) is 2.72. The summed E-state index contributed by atoms with van der Waals surface area (Å²) < 4.78 is 12.1. The Morgan fingerprint density at radius 1 is 0.810 bits per heavy atom. The number of hydrogen-bond donors (Lipinski definition) is 0. The molecule has 2 aromatic carbocycles. The van der Waals surface area contributed by atoms with Gasteiger partial charge in [-0.15, -0.1) is 0 Å². The molecule has 3 nitrogen and oxygen atoms in total. The SMILES string of the molecule is O=C(c1cc2ccccc2o1)c1cc2cc(Br)ccc2o1. The van der Waals surface area contributed by atoms with Gasteiger partial charge in [0.05, 0.1) is 0 Å². The predicted octanol–water partition coefficient (Wildman–Crippen LogP) is 5.17. The highest BCUT2D eigenvalue weighted by molar-refractivity contribution is 9.10. The van der Waals surface area contributed by atoms with E-state index in [1.807, 2.05) is 42.5 Å². The lowest BCUT2D eigenvalue weighted by molar-refractivity contribution is 0.0987. The molecule has 0 N–H and O–H groups in total. The van der Waals surface area contributed by atoms with Crippen LogP contribution in [0.1, 0.15) is 16.3 Å². The molecule has 0 unspecified atom stereocenters. The molecule has 0 bridgehead atoms. The van der Waals surface area contributed by atoms with Gasteiger partial charge in [0.25, 0.3) is 5.78 Å². The van der Waals surface area contributed by atoms with Crippen molar-refractivity contribution < 1.29 is 13.6 Å². The molecular weight excluding hydrogens is 332 g/mol. The van der Waals surface area contributed by atoms with Crippen molar-refractivity contribution in [2.45, 2.75) is 0 Å². The first-order chi connectivity index (χ1) is 10.2. The summed E-state index contributed by atoms with van der Waals surface area (Å²) in [7, 11) is 0. The van der Waals surface area contributed by atoms with E-state index in [1.165, 1.54) is 0 Å². The zero-order valence-corrected chi connectivity index (χ0v) is 12.4. The van der Waals surface area contributed by atoms with Crippen LogP contribution >= 0.6 is 15.9 Å². The zero-order chi connectivity index (χ0) is 14.4. The van der Waals surface area contributed by atoms with E-state index < -0.39 is 0 Å². The Balaban J connectivity index is 1.81. The molecule has 102 valence electrons. The predicted molar refractivity (Wildman–Crippen MR) is 83.6 cm³/mol. The van der Waals surface area contributed by atoms with Crippen LogP contribution in [0.2, 0.25) is 0 Å². The van der Waals surface area contributed by atoms with Crippen molar-refractivity contribution in [3.8, 4) is 0 Å². The minimum absolute atomic E-state index is 0.251. The maximum atomic E-state index is 12.5. The second-order valence-corrected chi connectivity index (χ2v) is 5.69. The molecule has 0 aliphatic rings. The standard InChI is InChI=1S/C17H9BrO3/c18-12-5-6-14-11(7-12)9-16(21-14)17(19)15-8-10-3-1-2-4-13(10)20-15/h1-9H. The molecule has 0 atom stereocenters. The molecule has 21 heavy (non-hydrogen) atoms. The van der Waals surface area contributed by atoms with Crippen molar-refractivity contribution in [3.63, 3.8) is 0 Å². The average Bonchev–Trinajstić information content (AvgIpc) is 3.09. The number of para-hydroxylation sites is 1. The first-order valence-corrected chi connectivity index (χ1v) is 7.22. The van der Waals surface area contributed by atoms with E-state index in [1.54, 1.807) is 12.1 Å². The second-order valence-electron chi connectivity index (χ2n) is 4.77. The van der Waals surface area contributed by atoms with Crippen LogP contribution in [-0.4, -0.2) is 5.78 Å². The van der Waals surface area contributed by atoms with Gasteiger partial charge < -0.3 is 8.83 Å². The van der Waals surface area contributed by atoms with Crippen molar-refractivity contribution in [2.24, 2.45) is 0 Å². The molecule has 0 fully saturated rings. The Morgan fingerprint density at radius 3 is 2.24 bits per heavy atom. The fraction of sp³-hybridized carbons (Fsp3) is 0. The van der Waals surface area contributed by atoms with E-state index in [0.29, 0.717) is 11.2 Å². The minimum Gasteiger partial charge on any atom is -0.452 e. The highest BCUT2D eigenvalue weighted by Crippen LogP contribution is 2.26. The molecule has 4 heteroatoms. The molecule has 2 aromatic heterocycles. The van der Waals surface area contributed by atoms with Crippen molar-refractivity contribution >= 4 is 43.7 Å². The van der Waals surface area contributed by atoms with Gasteiger partial charge in [0.2, 0.25) is 0 Å². The normalized spacial score (nSPS) is 11.3. The molecule has 2 heterocycles. The molecule has 0 radical (unpaired) electrons. The Labute approximate surface area is 128 Å². The van der Waals surface area contributed by atoms with Crippen LogP contribution in [0, 0.1) is 0 Å². The quantitative estimate of drug-likeness (QED) is 0.472. The summed E-state index contributed by atoms with van der Waals surface area (Å²) in [5, 5.41) is 1.78. The lowest BCUT2D eigenvalue weighted by atomic mass is 10.2. The van der Waals surface area contributed by atoms with Crippen molar-refractivity contribution in [1.82, 2.24) is 0 Å². The van der Waals surface area contributed by atoms with Crippen molar-refractivity contribution in [1.29, 1.82) is 0 Å². The molecule has 0 aliphatic carbocycles. The highest BCUT2D eigenvalue weighted by Gasteiger charge is 2.18. The smallest absolute Gasteiger partial charge is 0.263 e. The molecule has 0 amide bonds. The highest BCUT2D eigenvalue weighted by atomic mass is 79.9. The Hall–Kier alpha value is -2.33. The zero-order valence-electron chi connectivity index (χ0n) is 10.8. The molecule has 4 aromatic rings. The number of halogens is 1. The molecule has 4 rings (SSSR count). The fourth-order valence-electron chi connectivity index (χ4n) is 2.34. The number of carbonyl (C=O) groups excluding carboxylic acids is 1. The van der Waals surface area contributed by atoms with Gasteiger partial charge >= 0.3 is 0 Å². The first kappa shape index (κ1) is 12.4. The number of carbonyl (C=O) groups is 1. The number of fused-ring (bicyclic) bond motifs is 2. The number of rotatable bonds is 2. The average molecular weight is 341 g/mol. The topological polar surface area (TPSA) is 43.4 Å². The second kappa shape index (κ2) is 4.60. The van der Waals surface area contributed by atoms with Crippen LogP contribution in [0.15, 0.2) is 67.9 Å². The van der Waals surface area contributed by atoms with E-state index in [4.69, 9.17) is 8.83 Å². The van der Waals surface area contributed by atoms with Crippen molar-refractivity contribution in [2.75, 3.05) is 0 Å². The van der Waals surface area contributed by atoms with Gasteiger partial charge in [-0.2, -0.15) is 0 Å². The van der Waals surface area contributed by atoms with Crippen LogP contribution in [0.5, 0.6) is 0 Å². The first-order valence-electron chi connectivity index (χ1n) is 6.43. The lowest BCUT2D eigenvalue weighted by Crippen LogP contribution is -1.96. The number of benzene rings is 2. The maximum Gasteiger partial charge on any atom is 0.263 e. The number of hydrogen-bond acceptors (Lipinski definition) is 3. The third-order valence-electron chi connectivity index (χ3n) is 3.35. The summed E-state index contributed by atoms with van der Waals surface area (Å²) in [5.74, 6) is 0.315. The van der Waals surface area contributed by atoms with Crippen LogP contribution in [0.3, 0.4) is 0 Å². The minimum atomic E-state index is -0.251. The Kier molecular flexibility index (Phi) is 2.72. The van der Waals surface area contributed by atoms with E-state index >= 15 is 0 Å². The van der Waals surface area contributed by atoms with Crippen LogP contribution < -0.4 is 0 Å². The third kappa shape index (κ3) is 2.08. The third-order valence-corrected chi connectivity index (χ3v) is 3.84. The number of furan rings is 2. The van der Waals surface area contributed by atoms with Crippen LogP contribution in [0.4, 0.5) is 0 Å². The summed E-state index contributed by atoms with van der Waals surface area (Å²) in [6, 6.07) is 16.6. The van der Waals surface area contributed by atoms with Gasteiger partial charge in [-0.05, 0) is 36.4 Å². The largest absolute Gasteiger partial charge is 0.452 e. The molecule has 0 saturated heterocycles. The summed E-state index contributed by atoms with van der Waals surface area (Å²) in [5.41, 5.74) is 1.37. The van der Waals surface area contributed by atoms with Gasteiger partial charge in [0.1, 0.15) is 11.2 Å².